The highest BCUT2D eigenvalue weighted by Gasteiger charge is 2.17. The topological polar surface area (TPSA) is 89.9 Å². The van der Waals surface area contributed by atoms with Crippen molar-refractivity contribution >= 4 is 17.0 Å². The van der Waals surface area contributed by atoms with Crippen molar-refractivity contribution < 1.29 is 5.11 Å². The van der Waals surface area contributed by atoms with Crippen LogP contribution in [0, 0.1) is 0 Å². The molecule has 0 aliphatic carbocycles. The molecule has 0 aliphatic rings. The highest BCUT2D eigenvalue weighted by Crippen LogP contribution is 2.29. The maximum Gasteiger partial charge on any atom is 0.164 e. The molecule has 0 radical (unpaired) electrons. The Balaban J connectivity index is 0.000000948. The Labute approximate surface area is 152 Å². The first-order chi connectivity index (χ1) is 12.8. The maximum absolute atomic E-state index is 9.24. The molecule has 0 spiro atoms. The zero-order chi connectivity index (χ0) is 18.5. The van der Waals surface area contributed by atoms with Crippen molar-refractivity contribution in [1.29, 1.82) is 0 Å². The Kier molecular flexibility index (Phi) is 5.24. The van der Waals surface area contributed by atoms with Crippen LogP contribution in [0.15, 0.2) is 60.9 Å². The zero-order valence-electron chi connectivity index (χ0n) is 14.8. The third kappa shape index (κ3) is 3.14. The Morgan fingerprint density at radius 2 is 1.65 bits per heavy atom. The fourth-order valence-electron chi connectivity index (χ4n) is 2.69. The zero-order valence-corrected chi connectivity index (χ0v) is 14.8. The minimum atomic E-state index is 0.00557. The third-order valence-corrected chi connectivity index (χ3v) is 3.87. The summed E-state index contributed by atoms with van der Waals surface area (Å²) < 4.78 is 1.95. The van der Waals surface area contributed by atoms with Crippen molar-refractivity contribution in [3.8, 4) is 17.1 Å². The van der Waals surface area contributed by atoms with Crippen LogP contribution in [0.25, 0.3) is 28.2 Å². The molecule has 3 aromatic heterocycles. The van der Waals surface area contributed by atoms with Gasteiger partial charge in [0.15, 0.2) is 11.5 Å². The fourth-order valence-corrected chi connectivity index (χ4v) is 2.69. The first-order valence-corrected chi connectivity index (χ1v) is 8.52. The van der Waals surface area contributed by atoms with E-state index < -0.39 is 0 Å². The quantitative estimate of drug-likeness (QED) is 0.591. The summed E-state index contributed by atoms with van der Waals surface area (Å²) in [6, 6.07) is 15.1. The van der Waals surface area contributed by atoms with Crippen molar-refractivity contribution in [3.63, 3.8) is 0 Å². The smallest absolute Gasteiger partial charge is 0.164 e. The van der Waals surface area contributed by atoms with Gasteiger partial charge in [-0.05, 0) is 42.0 Å². The number of nitrogen functional groups attached to an aromatic ring is 1. The third-order valence-electron chi connectivity index (χ3n) is 3.87. The highest BCUT2D eigenvalue weighted by atomic mass is 16.3. The van der Waals surface area contributed by atoms with Crippen LogP contribution in [0.2, 0.25) is 0 Å². The van der Waals surface area contributed by atoms with Crippen LogP contribution in [0.4, 0.5) is 5.82 Å². The molecule has 6 heteroatoms. The Hall–Kier alpha value is -3.25. The van der Waals surface area contributed by atoms with Gasteiger partial charge in [0.25, 0.3) is 0 Å². The standard InChI is InChI=1S/C18H15N5O.C2H6/c19-16-14(3-1-9-20-16)17-22-15-4-2-10-21-18(15)23(17)13-7-5-12(11-24)6-8-13;1-2/h1-10,24H,11H2,(H2,19,20);1-2H3. The molecule has 0 aliphatic heterocycles. The Bertz CT molecular complexity index is 1010. The average Bonchev–Trinajstić information content (AvgIpc) is 3.09. The number of hydrogen-bond acceptors (Lipinski definition) is 5. The van der Waals surface area contributed by atoms with E-state index in [1.54, 1.807) is 12.4 Å². The highest BCUT2D eigenvalue weighted by molar-refractivity contribution is 5.82. The SMILES string of the molecule is CC.Nc1ncccc1-c1nc2cccnc2n1-c1ccc(CO)cc1. The van der Waals surface area contributed by atoms with Gasteiger partial charge in [0.2, 0.25) is 0 Å². The van der Waals surface area contributed by atoms with E-state index in [2.05, 4.69) is 9.97 Å². The van der Waals surface area contributed by atoms with Crippen LogP contribution in [-0.2, 0) is 6.61 Å². The van der Waals surface area contributed by atoms with E-state index in [0.717, 1.165) is 28.0 Å². The van der Waals surface area contributed by atoms with Gasteiger partial charge in [0.05, 0.1) is 12.2 Å². The molecule has 4 rings (SSSR count). The average molecular weight is 347 g/mol. The molecule has 26 heavy (non-hydrogen) atoms. The van der Waals surface area contributed by atoms with Gasteiger partial charge < -0.3 is 10.8 Å². The molecule has 0 amide bonds. The van der Waals surface area contributed by atoms with Crippen molar-refractivity contribution in [2.75, 3.05) is 5.73 Å². The largest absolute Gasteiger partial charge is 0.392 e. The molecular formula is C20H21N5O. The molecule has 0 atom stereocenters. The summed E-state index contributed by atoms with van der Waals surface area (Å²) in [5, 5.41) is 9.24. The molecule has 0 saturated heterocycles. The van der Waals surface area contributed by atoms with Gasteiger partial charge >= 0.3 is 0 Å². The van der Waals surface area contributed by atoms with Crippen molar-refractivity contribution in [3.05, 3.63) is 66.5 Å². The number of rotatable bonds is 3. The van der Waals surface area contributed by atoms with Gasteiger partial charge in [-0.3, -0.25) is 4.57 Å². The maximum atomic E-state index is 9.24. The first-order valence-electron chi connectivity index (χ1n) is 8.52. The number of anilines is 1. The van der Waals surface area contributed by atoms with E-state index >= 15 is 0 Å². The molecule has 4 aromatic rings. The number of benzene rings is 1. The van der Waals surface area contributed by atoms with Crippen molar-refractivity contribution in [2.24, 2.45) is 0 Å². The van der Waals surface area contributed by atoms with Crippen LogP contribution in [0.5, 0.6) is 0 Å². The Morgan fingerprint density at radius 3 is 2.35 bits per heavy atom. The van der Waals surface area contributed by atoms with Crippen LogP contribution < -0.4 is 5.73 Å². The van der Waals surface area contributed by atoms with E-state index in [1.165, 1.54) is 0 Å². The van der Waals surface area contributed by atoms with Gasteiger partial charge in [-0.15, -0.1) is 0 Å². The Morgan fingerprint density at radius 1 is 0.962 bits per heavy atom. The lowest BCUT2D eigenvalue weighted by Gasteiger charge is -2.10. The molecular weight excluding hydrogens is 326 g/mol. The molecule has 1 aromatic carbocycles. The number of nitrogens with zero attached hydrogens (tertiary/aromatic N) is 4. The number of pyridine rings is 2. The number of fused-ring (bicyclic) bond motifs is 1. The van der Waals surface area contributed by atoms with E-state index in [-0.39, 0.29) is 6.61 Å². The molecule has 0 saturated carbocycles. The number of aliphatic hydroxyl groups is 1. The summed E-state index contributed by atoms with van der Waals surface area (Å²) in [6.45, 7) is 4.01. The number of hydrogen-bond donors (Lipinski definition) is 2. The summed E-state index contributed by atoms with van der Waals surface area (Å²) >= 11 is 0. The number of aromatic nitrogens is 4. The molecule has 132 valence electrons. The lowest BCUT2D eigenvalue weighted by Crippen LogP contribution is -2.02. The van der Waals surface area contributed by atoms with Gasteiger partial charge in [-0.2, -0.15) is 0 Å². The summed E-state index contributed by atoms with van der Waals surface area (Å²) in [4.78, 5) is 13.3. The first kappa shape index (κ1) is 17.6. The van der Waals surface area contributed by atoms with Gasteiger partial charge in [-0.25, -0.2) is 15.0 Å². The van der Waals surface area contributed by atoms with Crippen LogP contribution >= 0.6 is 0 Å². The lowest BCUT2D eigenvalue weighted by molar-refractivity contribution is 0.282. The van der Waals surface area contributed by atoms with Gasteiger partial charge in [0, 0.05) is 18.1 Å². The number of aliphatic hydroxyl groups excluding tert-OH is 1. The number of nitrogens with two attached hydrogens (primary N) is 1. The van der Waals surface area contributed by atoms with Crippen LogP contribution in [-0.4, -0.2) is 24.6 Å². The van der Waals surface area contributed by atoms with Crippen LogP contribution in [0.1, 0.15) is 19.4 Å². The lowest BCUT2D eigenvalue weighted by atomic mass is 10.2. The molecule has 0 unspecified atom stereocenters. The predicted molar refractivity (Wildman–Crippen MR) is 104 cm³/mol. The van der Waals surface area contributed by atoms with Crippen LogP contribution in [0.3, 0.4) is 0 Å². The van der Waals surface area contributed by atoms with Crippen molar-refractivity contribution in [1.82, 2.24) is 19.5 Å². The van der Waals surface area contributed by atoms with Gasteiger partial charge in [-0.1, -0.05) is 26.0 Å². The molecule has 0 fully saturated rings. The van der Waals surface area contributed by atoms with Crippen molar-refractivity contribution in [2.45, 2.75) is 20.5 Å². The second-order valence-electron chi connectivity index (χ2n) is 5.38. The fraction of sp³-hybridized carbons (Fsp3) is 0.150. The van der Waals surface area contributed by atoms with E-state index in [4.69, 9.17) is 10.7 Å². The minimum Gasteiger partial charge on any atom is -0.392 e. The second kappa shape index (κ2) is 7.76. The molecule has 3 N–H and O–H groups in total. The summed E-state index contributed by atoms with van der Waals surface area (Å²) in [5.41, 5.74) is 10.1. The number of imidazole rings is 1. The molecule has 0 bridgehead atoms. The van der Waals surface area contributed by atoms with E-state index in [1.807, 2.05) is 66.9 Å². The van der Waals surface area contributed by atoms with E-state index in [9.17, 15) is 5.11 Å². The summed E-state index contributed by atoms with van der Waals surface area (Å²) in [7, 11) is 0. The predicted octanol–water partition coefficient (Wildman–Crippen LogP) is 3.58. The summed E-state index contributed by atoms with van der Waals surface area (Å²) in [6.07, 6.45) is 3.39. The normalized spacial score (nSPS) is 10.4. The van der Waals surface area contributed by atoms with E-state index in [0.29, 0.717) is 11.6 Å². The second-order valence-corrected chi connectivity index (χ2v) is 5.38. The molecule has 6 nitrogen and oxygen atoms in total. The molecule has 3 heterocycles. The van der Waals surface area contributed by atoms with Gasteiger partial charge in [0.1, 0.15) is 11.3 Å². The summed E-state index contributed by atoms with van der Waals surface area (Å²) in [5.74, 6) is 1.10. The minimum absolute atomic E-state index is 0.00557. The monoisotopic (exact) mass is 347 g/mol.